The lowest BCUT2D eigenvalue weighted by Crippen LogP contribution is -2.48. The number of amides is 2. The van der Waals surface area contributed by atoms with Crippen molar-refractivity contribution < 1.29 is 93.1 Å². The van der Waals surface area contributed by atoms with Crippen molar-refractivity contribution in [1.29, 1.82) is 0 Å². The summed E-state index contributed by atoms with van der Waals surface area (Å²) in [6.45, 7) is -9.97. The van der Waals surface area contributed by atoms with E-state index in [1.165, 1.54) is 10.6 Å². The Hall–Kier alpha value is -0.970. The fourth-order valence-corrected chi connectivity index (χ4v) is 7.71. The van der Waals surface area contributed by atoms with Crippen LogP contribution >= 0.6 is 15.2 Å². The van der Waals surface area contributed by atoms with E-state index >= 15 is 0 Å². The summed E-state index contributed by atoms with van der Waals surface area (Å²) in [4.78, 5) is 12.7. The summed E-state index contributed by atoms with van der Waals surface area (Å²) in [5, 5.41) is 3.07. The zero-order valence-corrected chi connectivity index (χ0v) is 25.7. The number of carbonyl (C=O) groups is 1. The first kappa shape index (κ1) is 43.0. The summed E-state index contributed by atoms with van der Waals surface area (Å²) in [6, 6.07) is -1.93. The highest BCUT2D eigenvalue weighted by Gasteiger charge is 2.47. The zero-order chi connectivity index (χ0) is 34.8. The van der Waals surface area contributed by atoms with E-state index in [2.05, 4.69) is 18.1 Å². The minimum absolute atomic E-state index is 0.681. The molecule has 2 amide bonds. The molecule has 2 N–H and O–H groups in total. The van der Waals surface area contributed by atoms with Crippen molar-refractivity contribution >= 4 is 42.8 Å². The molecule has 0 fully saturated rings. The molecule has 4 unspecified atom stereocenters. The molecule has 0 spiro atoms. The van der Waals surface area contributed by atoms with Crippen molar-refractivity contribution in [3.05, 3.63) is 0 Å². The number of halogens is 12. The van der Waals surface area contributed by atoms with Gasteiger partial charge in [0.2, 0.25) is 0 Å². The molecule has 0 aliphatic heterocycles. The Bertz CT molecular complexity index is 950. The second-order valence-corrected chi connectivity index (χ2v) is 16.0. The largest absolute Gasteiger partial charge is 0.412 e. The Kier molecular flexibility index (Phi) is 16.9. The number of nitrogens with one attached hydrogen (secondary N) is 2. The molecule has 44 heavy (non-hydrogen) atoms. The molecule has 0 aliphatic carbocycles. The van der Waals surface area contributed by atoms with Crippen molar-refractivity contribution in [3.8, 4) is 0 Å². The lowest BCUT2D eigenvalue weighted by Gasteiger charge is -2.31. The average molecular weight is 756 g/mol. The van der Waals surface area contributed by atoms with Gasteiger partial charge in [0.05, 0.1) is 0 Å². The Balaban J connectivity index is 6.52. The van der Waals surface area contributed by atoms with Crippen LogP contribution in [0.3, 0.4) is 0 Å². The quantitative estimate of drug-likeness (QED) is 0.143. The van der Waals surface area contributed by atoms with Gasteiger partial charge >= 0.3 is 45.9 Å². The van der Waals surface area contributed by atoms with Crippen LogP contribution in [0.25, 0.3) is 0 Å². The number of alkyl halides is 12. The van der Waals surface area contributed by atoms with E-state index in [9.17, 15) is 75.0 Å². The molecule has 0 aliphatic rings. The number of rotatable bonds is 18. The first-order valence-electron chi connectivity index (χ1n) is 11.3. The summed E-state index contributed by atoms with van der Waals surface area (Å²) < 4.78 is 218. The first-order chi connectivity index (χ1) is 19.6. The van der Waals surface area contributed by atoms with Gasteiger partial charge in [0.1, 0.15) is 11.6 Å². The van der Waals surface area contributed by atoms with E-state index in [1.54, 1.807) is 0 Å². The normalized spacial score (nSPS) is 16.7. The third-order valence-electron chi connectivity index (χ3n) is 4.35. The van der Waals surface area contributed by atoms with Crippen LogP contribution in [-0.4, -0.2) is 101 Å². The molecule has 27 heteroatoms. The molecule has 0 heterocycles. The molecular formula is C17H26F12N2O9P2S2. The summed E-state index contributed by atoms with van der Waals surface area (Å²) in [6.07, 6.45) is -21.3. The van der Waals surface area contributed by atoms with Crippen molar-refractivity contribution in [3.63, 3.8) is 0 Å². The van der Waals surface area contributed by atoms with Gasteiger partial charge < -0.3 is 10.6 Å². The second kappa shape index (κ2) is 17.3. The van der Waals surface area contributed by atoms with Crippen LogP contribution in [0.2, 0.25) is 0 Å². The lowest BCUT2D eigenvalue weighted by atomic mass is 10.4. The number of hydrogen-bond donors (Lipinski definition) is 2. The van der Waals surface area contributed by atoms with Gasteiger partial charge in [-0.3, -0.25) is 35.6 Å². The van der Waals surface area contributed by atoms with Gasteiger partial charge in [-0.05, 0) is 12.8 Å². The molecule has 0 bridgehead atoms. The molecule has 0 rings (SSSR count). The standard InChI is InChI=1S/C17H26F12N2O9P2S2/c1-43(35)5-3-11(41(33,37-7-14(18,19)20)38-8-15(21,22)23)30-13(32)31-12(4-6-44(2)36)42(34,39-9-16(24,25)26)40-10-17(27,28)29/h11-12H,3-10H2,1-2H3,(H2,30,31,32). The van der Waals surface area contributed by atoms with Crippen LogP contribution in [0.4, 0.5) is 57.5 Å². The summed E-state index contributed by atoms with van der Waals surface area (Å²) >= 11 is 0. The highest BCUT2D eigenvalue weighted by atomic mass is 32.2. The van der Waals surface area contributed by atoms with E-state index in [4.69, 9.17) is 0 Å². The molecule has 0 aromatic rings. The number of hydrogen-bond acceptors (Lipinski definition) is 9. The average Bonchev–Trinajstić information content (AvgIpc) is 2.82. The predicted octanol–water partition coefficient (Wildman–Crippen LogP) is 5.18. The van der Waals surface area contributed by atoms with Crippen molar-refractivity contribution in [2.24, 2.45) is 0 Å². The SMILES string of the molecule is CS(=O)CCC(NC(=O)NC(CCS(C)=O)P(=O)(OCC(F)(F)F)OCC(F)(F)F)P(=O)(OCC(F)(F)F)OCC(F)(F)F. The van der Waals surface area contributed by atoms with Crippen molar-refractivity contribution in [1.82, 2.24) is 10.6 Å². The van der Waals surface area contributed by atoms with Crippen LogP contribution in [0.1, 0.15) is 12.8 Å². The maximum atomic E-state index is 13.1. The minimum Gasteiger partial charge on any atom is -0.324 e. The molecule has 0 aromatic carbocycles. The van der Waals surface area contributed by atoms with Gasteiger partial charge in [0.25, 0.3) is 0 Å². The summed E-state index contributed by atoms with van der Waals surface area (Å²) in [7, 11) is -15.3. The Labute approximate surface area is 246 Å². The maximum absolute atomic E-state index is 13.1. The summed E-state index contributed by atoms with van der Waals surface area (Å²) in [5.74, 6) is -6.38. The van der Waals surface area contributed by atoms with Gasteiger partial charge in [-0.15, -0.1) is 0 Å². The first-order valence-corrected chi connectivity index (χ1v) is 18.0. The van der Waals surface area contributed by atoms with Gasteiger partial charge in [0.15, 0.2) is 26.4 Å². The van der Waals surface area contributed by atoms with Crippen molar-refractivity contribution in [2.75, 3.05) is 50.4 Å². The van der Waals surface area contributed by atoms with Crippen LogP contribution in [0, 0.1) is 0 Å². The molecule has 0 aromatic heterocycles. The molecular weight excluding hydrogens is 730 g/mol. The molecule has 0 saturated carbocycles. The van der Waals surface area contributed by atoms with Crippen LogP contribution in [-0.2, 0) is 48.8 Å². The Morgan fingerprint density at radius 3 is 1.00 bits per heavy atom. The maximum Gasteiger partial charge on any atom is 0.412 e. The molecule has 4 atom stereocenters. The van der Waals surface area contributed by atoms with Crippen LogP contribution < -0.4 is 10.6 Å². The van der Waals surface area contributed by atoms with E-state index in [0.717, 1.165) is 12.5 Å². The Morgan fingerprint density at radius 2 is 0.818 bits per heavy atom. The summed E-state index contributed by atoms with van der Waals surface area (Å²) in [5.41, 5.74) is 0. The Morgan fingerprint density at radius 1 is 0.591 bits per heavy atom. The van der Waals surface area contributed by atoms with Crippen LogP contribution in [0.15, 0.2) is 0 Å². The third-order valence-corrected chi connectivity index (χ3v) is 10.2. The highest BCUT2D eigenvalue weighted by Crippen LogP contribution is 2.56. The molecule has 0 saturated heterocycles. The van der Waals surface area contributed by atoms with Gasteiger partial charge in [-0.25, -0.2) is 4.79 Å². The van der Waals surface area contributed by atoms with E-state index in [1.807, 2.05) is 0 Å². The highest BCUT2D eigenvalue weighted by molar-refractivity contribution is 7.84. The van der Waals surface area contributed by atoms with Gasteiger partial charge in [-0.2, -0.15) is 52.7 Å². The van der Waals surface area contributed by atoms with Gasteiger partial charge in [-0.1, -0.05) is 0 Å². The van der Waals surface area contributed by atoms with E-state index in [-0.39, 0.29) is 0 Å². The monoisotopic (exact) mass is 756 g/mol. The number of carbonyl (C=O) groups excluding carboxylic acids is 1. The molecule has 11 nitrogen and oxygen atoms in total. The smallest absolute Gasteiger partial charge is 0.324 e. The zero-order valence-electron chi connectivity index (χ0n) is 22.2. The van der Waals surface area contributed by atoms with E-state index in [0.29, 0.717) is 0 Å². The lowest BCUT2D eigenvalue weighted by molar-refractivity contribution is -0.166. The van der Waals surface area contributed by atoms with E-state index < -0.39 is 130 Å². The van der Waals surface area contributed by atoms with Crippen molar-refractivity contribution in [2.45, 2.75) is 49.1 Å². The van der Waals surface area contributed by atoms with Gasteiger partial charge in [0, 0.05) is 45.6 Å². The third kappa shape index (κ3) is 20.2. The number of urea groups is 1. The van der Waals surface area contributed by atoms with Crippen LogP contribution in [0.5, 0.6) is 0 Å². The molecule has 0 radical (unpaired) electrons. The molecule has 264 valence electrons. The topological polar surface area (TPSA) is 146 Å². The fraction of sp³-hybridized carbons (Fsp3) is 0.941. The second-order valence-electron chi connectivity index (χ2n) is 8.42. The fourth-order valence-electron chi connectivity index (χ4n) is 2.61. The minimum atomic E-state index is -5.74. The predicted molar refractivity (Wildman–Crippen MR) is 130 cm³/mol.